The van der Waals surface area contributed by atoms with Crippen molar-refractivity contribution in [2.45, 2.75) is 19.9 Å². The number of hydrogen-bond acceptors (Lipinski definition) is 9. The van der Waals surface area contributed by atoms with Gasteiger partial charge in [-0.15, -0.1) is 0 Å². The molecule has 0 spiro atoms. The number of aromatic nitrogens is 1. The Balaban J connectivity index is 1.73. The molecule has 0 amide bonds. The third kappa shape index (κ3) is 6.03. The summed E-state index contributed by atoms with van der Waals surface area (Å²) < 4.78 is 18.2. The van der Waals surface area contributed by atoms with Crippen molar-refractivity contribution in [3.8, 4) is 11.5 Å². The van der Waals surface area contributed by atoms with E-state index < -0.39 is 24.6 Å². The molecule has 0 N–H and O–H groups in total. The second-order valence-corrected chi connectivity index (χ2v) is 10.2. The second-order valence-electron chi connectivity index (χ2n) is 9.17. The zero-order valence-electron chi connectivity index (χ0n) is 22.9. The number of aliphatic carboxylic acids is 1. The molecule has 0 radical (unpaired) electrons. The molecule has 1 atom stereocenters. The number of carbonyl (C=O) groups excluding carboxylic acids is 2. The maximum Gasteiger partial charge on any atom is 0.338 e. The average molecular weight is 584 g/mol. The molecule has 1 aromatic heterocycles. The summed E-state index contributed by atoms with van der Waals surface area (Å²) >= 11 is 1.19. The van der Waals surface area contributed by atoms with Gasteiger partial charge < -0.3 is 24.1 Å². The lowest BCUT2D eigenvalue weighted by molar-refractivity contribution is -0.307. The number of fused-ring (bicyclic) bond motifs is 1. The zero-order valence-corrected chi connectivity index (χ0v) is 23.8. The molecule has 1 aliphatic heterocycles. The van der Waals surface area contributed by atoms with Crippen LogP contribution >= 0.6 is 11.3 Å². The molecular formula is C32H27N2O7S-. The largest absolute Gasteiger partial charge is 0.546 e. The lowest BCUT2D eigenvalue weighted by Gasteiger charge is -2.26. The summed E-state index contributed by atoms with van der Waals surface area (Å²) in [6, 6.07) is 22.5. The van der Waals surface area contributed by atoms with Gasteiger partial charge in [0.25, 0.3) is 5.56 Å². The van der Waals surface area contributed by atoms with Crippen molar-refractivity contribution in [2.24, 2.45) is 4.99 Å². The van der Waals surface area contributed by atoms with Gasteiger partial charge in [0.05, 0.1) is 41.0 Å². The number of carboxylic acids is 1. The molecule has 5 rings (SSSR count). The van der Waals surface area contributed by atoms with Crippen LogP contribution in [0.25, 0.3) is 11.8 Å². The minimum absolute atomic E-state index is 0.154. The van der Waals surface area contributed by atoms with Crippen molar-refractivity contribution in [1.29, 1.82) is 0 Å². The molecule has 0 unspecified atom stereocenters. The first kappa shape index (κ1) is 28.6. The molecule has 3 aromatic carbocycles. The van der Waals surface area contributed by atoms with Crippen molar-refractivity contribution in [2.75, 3.05) is 19.8 Å². The van der Waals surface area contributed by atoms with Gasteiger partial charge in [-0.25, -0.2) is 9.79 Å². The molecule has 10 heteroatoms. The summed E-state index contributed by atoms with van der Waals surface area (Å²) in [6.45, 7) is 3.69. The molecule has 4 aromatic rings. The number of esters is 1. The van der Waals surface area contributed by atoms with Crippen LogP contribution in [0.2, 0.25) is 0 Å². The molecule has 2 heterocycles. The Hall–Kier alpha value is -4.96. The summed E-state index contributed by atoms with van der Waals surface area (Å²) in [4.78, 5) is 43.6. The third-order valence-corrected chi connectivity index (χ3v) is 7.38. The molecule has 0 fully saturated rings. The van der Waals surface area contributed by atoms with Gasteiger partial charge in [-0.2, -0.15) is 0 Å². The summed E-state index contributed by atoms with van der Waals surface area (Å²) in [5, 5.41) is 10.8. The molecule has 1 aliphatic rings. The van der Waals surface area contributed by atoms with Gasteiger partial charge in [-0.1, -0.05) is 65.9 Å². The Bertz CT molecular complexity index is 1820. The molecular weight excluding hydrogens is 556 g/mol. The van der Waals surface area contributed by atoms with Crippen LogP contribution in [0.5, 0.6) is 11.5 Å². The summed E-state index contributed by atoms with van der Waals surface area (Å²) in [7, 11) is 0. The fourth-order valence-corrected chi connectivity index (χ4v) is 5.66. The van der Waals surface area contributed by atoms with Gasteiger partial charge in [-0.3, -0.25) is 9.36 Å². The minimum Gasteiger partial charge on any atom is -0.546 e. The number of nitrogens with zero attached hydrogens (tertiary/aromatic N) is 2. The maximum absolute atomic E-state index is 14.0. The fraction of sp³-hybridized carbons (Fsp3) is 0.188. The highest BCUT2D eigenvalue weighted by molar-refractivity contribution is 7.07. The fourth-order valence-electron chi connectivity index (χ4n) is 4.66. The quantitative estimate of drug-likeness (QED) is 0.263. The van der Waals surface area contributed by atoms with Crippen molar-refractivity contribution in [3.63, 3.8) is 0 Å². The van der Waals surface area contributed by atoms with Crippen LogP contribution in [0.4, 0.5) is 0 Å². The minimum atomic E-state index is -1.34. The van der Waals surface area contributed by atoms with E-state index in [1.807, 2.05) is 49.4 Å². The molecule has 9 nitrogen and oxygen atoms in total. The average Bonchev–Trinajstić information content (AvgIpc) is 3.30. The molecule has 214 valence electrons. The van der Waals surface area contributed by atoms with Gasteiger partial charge in [0.2, 0.25) is 0 Å². The van der Waals surface area contributed by atoms with Gasteiger partial charge in [-0.05, 0) is 55.3 Å². The highest BCUT2D eigenvalue weighted by Crippen LogP contribution is 2.35. The monoisotopic (exact) mass is 583 g/mol. The van der Waals surface area contributed by atoms with E-state index in [1.165, 1.54) is 15.9 Å². The number of thiazole rings is 1. The van der Waals surface area contributed by atoms with Gasteiger partial charge in [0.15, 0.2) is 4.80 Å². The van der Waals surface area contributed by atoms with Gasteiger partial charge in [0, 0.05) is 5.56 Å². The molecule has 0 saturated carbocycles. The molecule has 0 bridgehead atoms. The first-order chi connectivity index (χ1) is 20.4. The van der Waals surface area contributed by atoms with Crippen LogP contribution in [0.3, 0.4) is 0 Å². The summed E-state index contributed by atoms with van der Waals surface area (Å²) in [5.41, 5.74) is 2.37. The lowest BCUT2D eigenvalue weighted by atomic mass is 9.93. The third-order valence-electron chi connectivity index (χ3n) is 6.39. The smallest absolute Gasteiger partial charge is 0.338 e. The van der Waals surface area contributed by atoms with E-state index in [-0.39, 0.29) is 17.7 Å². The van der Waals surface area contributed by atoms with Crippen molar-refractivity contribution in [3.05, 3.63) is 121 Å². The Morgan fingerprint density at radius 3 is 2.40 bits per heavy atom. The van der Waals surface area contributed by atoms with E-state index in [0.29, 0.717) is 49.8 Å². The van der Waals surface area contributed by atoms with E-state index in [2.05, 4.69) is 0 Å². The van der Waals surface area contributed by atoms with Crippen molar-refractivity contribution >= 4 is 35.0 Å². The first-order valence-corrected chi connectivity index (χ1v) is 14.1. The predicted octanol–water partition coefficient (Wildman–Crippen LogP) is 2.46. The molecule has 0 aliphatic carbocycles. The topological polar surface area (TPSA) is 119 Å². The Labute approximate surface area is 245 Å². The Morgan fingerprint density at radius 2 is 1.71 bits per heavy atom. The highest BCUT2D eigenvalue weighted by Gasteiger charge is 2.35. The lowest BCUT2D eigenvalue weighted by Crippen LogP contribution is -2.40. The SMILES string of the molecule is CCOC(=O)C1=C(c2ccccc2)N=c2s/c(=C\c3cccc(OCC(=O)[O-])c3)c(=O)n2[C@H]1c1ccc(OCC)cc1. The number of carboxylic acid groups (broad SMARTS) is 1. The van der Waals surface area contributed by atoms with Crippen LogP contribution in [0.1, 0.15) is 36.6 Å². The summed E-state index contributed by atoms with van der Waals surface area (Å²) in [6.07, 6.45) is 1.68. The van der Waals surface area contributed by atoms with Crippen LogP contribution in [0, 0.1) is 0 Å². The number of benzene rings is 3. The zero-order chi connectivity index (χ0) is 29.6. The first-order valence-electron chi connectivity index (χ1n) is 13.3. The van der Waals surface area contributed by atoms with Crippen LogP contribution in [-0.2, 0) is 14.3 Å². The van der Waals surface area contributed by atoms with Crippen LogP contribution in [0.15, 0.2) is 94.2 Å². The summed E-state index contributed by atoms with van der Waals surface area (Å²) in [5.74, 6) is -0.913. The standard InChI is InChI=1S/C32H28N2O7S/c1-3-39-23-15-13-22(14-16-23)29-27(31(38)40-4-2)28(21-10-6-5-7-11-21)33-32-34(29)30(37)25(42-32)18-20-9-8-12-24(17-20)41-19-26(35)36/h5-18,29H,3-4,19H2,1-2H3,(H,35,36)/p-1/b25-18-/t29-/m0/s1. The van der Waals surface area contributed by atoms with Crippen LogP contribution in [-0.4, -0.2) is 36.3 Å². The van der Waals surface area contributed by atoms with Crippen molar-refractivity contribution in [1.82, 2.24) is 4.57 Å². The Kier molecular flexibility index (Phi) is 8.63. The molecule has 42 heavy (non-hydrogen) atoms. The second kappa shape index (κ2) is 12.7. The van der Waals surface area contributed by atoms with E-state index >= 15 is 0 Å². The highest BCUT2D eigenvalue weighted by atomic mass is 32.1. The van der Waals surface area contributed by atoms with Crippen LogP contribution < -0.4 is 29.5 Å². The predicted molar refractivity (Wildman–Crippen MR) is 156 cm³/mol. The number of rotatable bonds is 10. The van der Waals surface area contributed by atoms with Gasteiger partial charge in [0.1, 0.15) is 18.1 Å². The number of hydrogen-bond donors (Lipinski definition) is 0. The van der Waals surface area contributed by atoms with E-state index in [9.17, 15) is 19.5 Å². The normalized spacial score (nSPS) is 14.6. The van der Waals surface area contributed by atoms with E-state index in [1.54, 1.807) is 49.4 Å². The number of carbonyl (C=O) groups is 2. The van der Waals surface area contributed by atoms with Gasteiger partial charge >= 0.3 is 5.97 Å². The maximum atomic E-state index is 14.0. The molecule has 0 saturated heterocycles. The van der Waals surface area contributed by atoms with E-state index in [4.69, 9.17) is 19.2 Å². The Morgan fingerprint density at radius 1 is 0.952 bits per heavy atom. The van der Waals surface area contributed by atoms with E-state index in [0.717, 1.165) is 0 Å². The number of ether oxygens (including phenoxy) is 3. The van der Waals surface area contributed by atoms with Crippen molar-refractivity contribution < 1.29 is 28.9 Å².